The molecule has 0 saturated carbocycles. The molecule has 3 aromatic rings. The minimum absolute atomic E-state index is 0.0455. The summed E-state index contributed by atoms with van der Waals surface area (Å²) in [5.74, 6) is -0.199. The van der Waals surface area contributed by atoms with Crippen molar-refractivity contribution in [3.63, 3.8) is 0 Å². The number of aromatic hydroxyl groups is 1. The van der Waals surface area contributed by atoms with Gasteiger partial charge in [0.15, 0.2) is 11.5 Å². The Morgan fingerprint density at radius 3 is 2.58 bits per heavy atom. The van der Waals surface area contributed by atoms with Gasteiger partial charge < -0.3 is 33.6 Å². The van der Waals surface area contributed by atoms with Gasteiger partial charge in [0.1, 0.15) is 11.5 Å². The van der Waals surface area contributed by atoms with Crippen molar-refractivity contribution in [3.8, 4) is 23.0 Å². The van der Waals surface area contributed by atoms with Crippen LogP contribution < -0.4 is 25.2 Å². The first-order valence-electron chi connectivity index (χ1n) is 10.2. The normalized spacial score (nSPS) is 11.6. The molecule has 176 valence electrons. The third kappa shape index (κ3) is 5.28. The van der Waals surface area contributed by atoms with Gasteiger partial charge in [-0.2, -0.15) is 0 Å². The fraction of sp³-hybridized carbons (Fsp3) is 0.348. The molecular formula is C23H27N3O7. The summed E-state index contributed by atoms with van der Waals surface area (Å²) in [6.45, 7) is 2.45. The third-order valence-electron chi connectivity index (χ3n) is 5.19. The number of amides is 1. The van der Waals surface area contributed by atoms with E-state index in [0.29, 0.717) is 30.2 Å². The standard InChI is InChI=1S/C23H27N3O7/c1-14-11-17(27)20(23(29)33-14)16(12-19(28)25-8-10-26-9-7-24-13-26)15-5-6-18(30-2)22(32-4)21(15)31-3/h5-7,9,11,13,16,27H,8,10,12H2,1-4H3,(H,25,28)/t16-/m1/s1. The second kappa shape index (κ2) is 10.6. The van der Waals surface area contributed by atoms with E-state index in [2.05, 4.69) is 10.3 Å². The molecule has 3 rings (SSSR count). The van der Waals surface area contributed by atoms with Crippen LogP contribution in [0.4, 0.5) is 0 Å². The van der Waals surface area contributed by atoms with Crippen molar-refractivity contribution in [1.82, 2.24) is 14.9 Å². The highest BCUT2D eigenvalue weighted by Gasteiger charge is 2.30. The molecular weight excluding hydrogens is 430 g/mol. The highest BCUT2D eigenvalue weighted by molar-refractivity contribution is 5.78. The SMILES string of the molecule is COc1ccc([C@@H](CC(=O)NCCn2ccnc2)c2c(O)cc(C)oc2=O)c(OC)c1OC. The molecule has 33 heavy (non-hydrogen) atoms. The number of methoxy groups -OCH3 is 3. The number of imidazole rings is 1. The summed E-state index contributed by atoms with van der Waals surface area (Å²) in [5, 5.41) is 13.4. The minimum Gasteiger partial charge on any atom is -0.507 e. The average molecular weight is 457 g/mol. The molecule has 0 aliphatic carbocycles. The van der Waals surface area contributed by atoms with Crippen LogP contribution in [0.15, 0.2) is 46.1 Å². The number of hydrogen-bond acceptors (Lipinski definition) is 8. The Morgan fingerprint density at radius 1 is 1.21 bits per heavy atom. The molecule has 2 N–H and O–H groups in total. The fourth-order valence-corrected chi connectivity index (χ4v) is 3.69. The van der Waals surface area contributed by atoms with Gasteiger partial charge in [0.25, 0.3) is 0 Å². The minimum atomic E-state index is -0.871. The van der Waals surface area contributed by atoms with Crippen molar-refractivity contribution in [2.75, 3.05) is 27.9 Å². The molecule has 1 atom stereocenters. The van der Waals surface area contributed by atoms with Gasteiger partial charge in [-0.25, -0.2) is 9.78 Å². The number of aromatic nitrogens is 2. The maximum Gasteiger partial charge on any atom is 0.343 e. The molecule has 0 spiro atoms. The Labute approximate surface area is 190 Å². The van der Waals surface area contributed by atoms with Crippen LogP contribution in [0.2, 0.25) is 0 Å². The lowest BCUT2D eigenvalue weighted by Crippen LogP contribution is -2.29. The molecule has 0 aliphatic heterocycles. The van der Waals surface area contributed by atoms with Crippen molar-refractivity contribution in [1.29, 1.82) is 0 Å². The van der Waals surface area contributed by atoms with E-state index < -0.39 is 11.5 Å². The Morgan fingerprint density at radius 2 is 1.97 bits per heavy atom. The molecule has 0 saturated heterocycles. The van der Waals surface area contributed by atoms with Crippen LogP contribution in [0.5, 0.6) is 23.0 Å². The van der Waals surface area contributed by atoms with Crippen LogP contribution in [0.25, 0.3) is 0 Å². The summed E-state index contributed by atoms with van der Waals surface area (Å²) < 4.78 is 23.4. The summed E-state index contributed by atoms with van der Waals surface area (Å²) in [5.41, 5.74) is -0.317. The van der Waals surface area contributed by atoms with E-state index in [1.54, 1.807) is 37.8 Å². The molecule has 2 aromatic heterocycles. The predicted octanol–water partition coefficient (Wildman–Crippen LogP) is 2.21. The van der Waals surface area contributed by atoms with Crippen LogP contribution in [0.3, 0.4) is 0 Å². The molecule has 2 heterocycles. The van der Waals surface area contributed by atoms with Gasteiger partial charge in [-0.05, 0) is 13.0 Å². The highest BCUT2D eigenvalue weighted by atomic mass is 16.5. The topological polar surface area (TPSA) is 125 Å². The lowest BCUT2D eigenvalue weighted by molar-refractivity contribution is -0.121. The summed E-state index contributed by atoms with van der Waals surface area (Å²) in [4.78, 5) is 29.6. The smallest absolute Gasteiger partial charge is 0.343 e. The van der Waals surface area contributed by atoms with E-state index in [0.717, 1.165) is 0 Å². The second-order valence-corrected chi connectivity index (χ2v) is 7.27. The van der Waals surface area contributed by atoms with E-state index >= 15 is 0 Å². The zero-order valence-corrected chi connectivity index (χ0v) is 19.0. The number of rotatable bonds is 10. The largest absolute Gasteiger partial charge is 0.507 e. The van der Waals surface area contributed by atoms with Crippen molar-refractivity contribution >= 4 is 5.91 Å². The van der Waals surface area contributed by atoms with Crippen LogP contribution in [-0.4, -0.2) is 48.4 Å². The lowest BCUT2D eigenvalue weighted by Gasteiger charge is -2.22. The van der Waals surface area contributed by atoms with Gasteiger partial charge in [0, 0.05) is 49.5 Å². The molecule has 1 amide bonds. The van der Waals surface area contributed by atoms with Crippen LogP contribution in [-0.2, 0) is 11.3 Å². The van der Waals surface area contributed by atoms with Crippen molar-refractivity contribution in [2.45, 2.75) is 25.8 Å². The number of nitrogens with one attached hydrogen (secondary N) is 1. The second-order valence-electron chi connectivity index (χ2n) is 7.27. The monoisotopic (exact) mass is 457 g/mol. The van der Waals surface area contributed by atoms with E-state index in [4.69, 9.17) is 18.6 Å². The first-order valence-corrected chi connectivity index (χ1v) is 10.2. The molecule has 1 aromatic carbocycles. The number of carbonyl (C=O) groups is 1. The van der Waals surface area contributed by atoms with Crippen LogP contribution in [0, 0.1) is 6.92 Å². The number of carbonyl (C=O) groups excluding carboxylic acids is 1. The van der Waals surface area contributed by atoms with Crippen molar-refractivity contribution in [3.05, 3.63) is 64.2 Å². The third-order valence-corrected chi connectivity index (χ3v) is 5.19. The van der Waals surface area contributed by atoms with E-state index in [1.165, 1.54) is 27.4 Å². The van der Waals surface area contributed by atoms with Gasteiger partial charge >= 0.3 is 5.63 Å². The van der Waals surface area contributed by atoms with Gasteiger partial charge in [-0.3, -0.25) is 4.79 Å². The predicted molar refractivity (Wildman–Crippen MR) is 119 cm³/mol. The Hall–Kier alpha value is -3.95. The average Bonchev–Trinajstić information content (AvgIpc) is 3.30. The van der Waals surface area contributed by atoms with Crippen LogP contribution >= 0.6 is 0 Å². The first kappa shape index (κ1) is 23.7. The fourth-order valence-electron chi connectivity index (χ4n) is 3.69. The van der Waals surface area contributed by atoms with Crippen LogP contribution in [0.1, 0.15) is 29.2 Å². The van der Waals surface area contributed by atoms with E-state index in [9.17, 15) is 14.7 Å². The number of hydrogen-bond donors (Lipinski definition) is 2. The summed E-state index contributed by atoms with van der Waals surface area (Å²) in [6, 6.07) is 4.66. The number of aryl methyl sites for hydroxylation is 1. The Kier molecular flexibility index (Phi) is 7.60. The number of benzene rings is 1. The van der Waals surface area contributed by atoms with E-state index in [-0.39, 0.29) is 35.2 Å². The summed E-state index contributed by atoms with van der Waals surface area (Å²) in [6.07, 6.45) is 4.95. The number of ether oxygens (including phenoxy) is 3. The Balaban J connectivity index is 2.00. The molecule has 10 heteroatoms. The number of nitrogens with zero attached hydrogens (tertiary/aromatic N) is 2. The quantitative estimate of drug-likeness (QED) is 0.475. The molecule has 0 unspecified atom stereocenters. The lowest BCUT2D eigenvalue weighted by atomic mass is 9.87. The van der Waals surface area contributed by atoms with Gasteiger partial charge in [-0.15, -0.1) is 0 Å². The highest BCUT2D eigenvalue weighted by Crippen LogP contribution is 2.45. The molecule has 0 aliphatic rings. The zero-order valence-electron chi connectivity index (χ0n) is 19.0. The maximum atomic E-state index is 12.8. The molecule has 10 nitrogen and oxygen atoms in total. The Bertz CT molecular complexity index is 1160. The van der Waals surface area contributed by atoms with Crippen molar-refractivity contribution < 1.29 is 28.5 Å². The van der Waals surface area contributed by atoms with Gasteiger partial charge in [-0.1, -0.05) is 6.07 Å². The summed E-state index contributed by atoms with van der Waals surface area (Å²) in [7, 11) is 4.39. The molecule has 0 bridgehead atoms. The van der Waals surface area contributed by atoms with Gasteiger partial charge in [0.05, 0.1) is 33.2 Å². The first-order chi connectivity index (χ1) is 15.9. The zero-order chi connectivity index (χ0) is 24.0. The maximum absolute atomic E-state index is 12.8. The van der Waals surface area contributed by atoms with Crippen molar-refractivity contribution in [2.24, 2.45) is 0 Å². The van der Waals surface area contributed by atoms with Gasteiger partial charge in [0.2, 0.25) is 11.7 Å². The summed E-state index contributed by atoms with van der Waals surface area (Å²) >= 11 is 0. The van der Waals surface area contributed by atoms with E-state index in [1.807, 2.05) is 4.57 Å². The molecule has 0 fully saturated rings. The molecule has 0 radical (unpaired) electrons.